The summed E-state index contributed by atoms with van der Waals surface area (Å²) in [6.45, 7) is 5.14. The van der Waals surface area contributed by atoms with Crippen LogP contribution in [0.5, 0.6) is 0 Å². The lowest BCUT2D eigenvalue weighted by molar-refractivity contribution is -0.118. The molecule has 2 bridgehead atoms. The summed E-state index contributed by atoms with van der Waals surface area (Å²) in [4.78, 5) is 37.6. The highest BCUT2D eigenvalue weighted by Crippen LogP contribution is 2.59. The summed E-state index contributed by atoms with van der Waals surface area (Å²) >= 11 is 0. The highest BCUT2D eigenvalue weighted by atomic mass is 16.3. The molecule has 0 spiro atoms. The SMILES string of the molecule is CC[C@H]1[C@@H]2C=C[C@@H]3[C@H]4C/C=C\C(=O)NCCC[C@@H]5NC(=O)/C(=C(O)\C=C\[C@@H]4C[C@@H]3[C@H]2C[C@H]1C)C5=O. The Kier molecular flexibility index (Phi) is 6.73. The van der Waals surface area contributed by atoms with Crippen LogP contribution < -0.4 is 10.6 Å². The quantitative estimate of drug-likeness (QED) is 0.392. The van der Waals surface area contributed by atoms with Crippen LogP contribution in [0, 0.1) is 47.3 Å². The van der Waals surface area contributed by atoms with E-state index in [1.165, 1.54) is 12.8 Å². The van der Waals surface area contributed by atoms with Gasteiger partial charge in [0.1, 0.15) is 11.3 Å². The fraction of sp³-hybridized carbons (Fsp3) is 0.621. The smallest absolute Gasteiger partial charge is 0.259 e. The maximum atomic E-state index is 12.8. The zero-order chi connectivity index (χ0) is 24.7. The highest BCUT2D eigenvalue weighted by molar-refractivity contribution is 6.27. The summed E-state index contributed by atoms with van der Waals surface area (Å²) in [5.41, 5.74) is -0.135. The predicted octanol–water partition coefficient (Wildman–Crippen LogP) is 4.02. The molecule has 5 rings (SSSR count). The van der Waals surface area contributed by atoms with Crippen LogP contribution in [0.15, 0.2) is 47.8 Å². The van der Waals surface area contributed by atoms with E-state index in [2.05, 4.69) is 36.6 Å². The van der Waals surface area contributed by atoms with Crippen molar-refractivity contribution in [1.82, 2.24) is 10.6 Å². The Bertz CT molecular complexity index is 1010. The van der Waals surface area contributed by atoms with Crippen molar-refractivity contribution in [1.29, 1.82) is 0 Å². The summed E-state index contributed by atoms with van der Waals surface area (Å²) in [6, 6.07) is -0.645. The van der Waals surface area contributed by atoms with Crippen molar-refractivity contribution in [2.45, 2.75) is 58.4 Å². The van der Waals surface area contributed by atoms with E-state index in [-0.39, 0.29) is 28.9 Å². The zero-order valence-corrected chi connectivity index (χ0v) is 20.8. The molecule has 0 aromatic heterocycles. The fourth-order valence-electron chi connectivity index (χ4n) is 7.92. The van der Waals surface area contributed by atoms with E-state index in [4.69, 9.17) is 0 Å². The Balaban J connectivity index is 1.46. The topological polar surface area (TPSA) is 95.5 Å². The molecule has 0 aromatic rings. The van der Waals surface area contributed by atoms with Crippen molar-refractivity contribution in [3.63, 3.8) is 0 Å². The third kappa shape index (κ3) is 4.41. The second-order valence-corrected chi connectivity index (χ2v) is 11.3. The number of ketones is 1. The van der Waals surface area contributed by atoms with Gasteiger partial charge in [-0.1, -0.05) is 44.6 Å². The molecule has 9 atom stereocenters. The number of nitrogens with one attached hydrogen (secondary N) is 2. The van der Waals surface area contributed by atoms with Crippen molar-refractivity contribution in [2.75, 3.05) is 6.54 Å². The van der Waals surface area contributed by atoms with Gasteiger partial charge in [-0.2, -0.15) is 0 Å². The van der Waals surface area contributed by atoms with E-state index >= 15 is 0 Å². The first-order valence-electron chi connectivity index (χ1n) is 13.5. The second kappa shape index (κ2) is 9.79. The van der Waals surface area contributed by atoms with Gasteiger partial charge in [0.15, 0.2) is 5.78 Å². The van der Waals surface area contributed by atoms with Gasteiger partial charge in [-0.25, -0.2) is 0 Å². The largest absolute Gasteiger partial charge is 0.507 e. The number of rotatable bonds is 1. The lowest BCUT2D eigenvalue weighted by atomic mass is 9.69. The maximum Gasteiger partial charge on any atom is 0.259 e. The first-order valence-corrected chi connectivity index (χ1v) is 13.5. The molecule has 188 valence electrons. The first-order chi connectivity index (χ1) is 16.9. The number of aliphatic hydroxyl groups excluding tert-OH is 1. The van der Waals surface area contributed by atoms with Crippen molar-refractivity contribution < 1.29 is 19.5 Å². The maximum absolute atomic E-state index is 12.8. The summed E-state index contributed by atoms with van der Waals surface area (Å²) in [5.74, 6) is 3.16. The van der Waals surface area contributed by atoms with Gasteiger partial charge in [0.05, 0.1) is 6.04 Å². The number of carbonyl (C=O) groups is 3. The van der Waals surface area contributed by atoms with Gasteiger partial charge in [0.2, 0.25) is 5.91 Å². The van der Waals surface area contributed by atoms with Crippen molar-refractivity contribution in [2.24, 2.45) is 47.3 Å². The number of hydrogen-bond donors (Lipinski definition) is 3. The van der Waals surface area contributed by atoms with Crippen molar-refractivity contribution in [3.05, 3.63) is 47.8 Å². The summed E-state index contributed by atoms with van der Waals surface area (Å²) in [6.07, 6.45) is 17.4. The van der Waals surface area contributed by atoms with Crippen LogP contribution in [0.1, 0.15) is 52.4 Å². The molecule has 0 aromatic carbocycles. The van der Waals surface area contributed by atoms with E-state index in [0.29, 0.717) is 49.0 Å². The molecule has 2 aliphatic heterocycles. The molecule has 6 heteroatoms. The Morgan fingerprint density at radius 2 is 1.77 bits per heavy atom. The van der Waals surface area contributed by atoms with Gasteiger partial charge in [0.25, 0.3) is 5.91 Å². The van der Waals surface area contributed by atoms with Gasteiger partial charge < -0.3 is 15.7 Å². The second-order valence-electron chi connectivity index (χ2n) is 11.3. The number of aliphatic hydroxyl groups is 1. The van der Waals surface area contributed by atoms with Crippen LogP contribution >= 0.6 is 0 Å². The standard InChI is InChI=1S/C29H38N2O4/c1-3-18-16(2)14-22-20(18)10-11-21-19-6-4-8-26(33)30-13-5-7-24-28(34)27(29(35)31-24)25(32)12-9-17(19)15-23(21)22/h4,8-12,16-24,32H,3,5-7,13-15H2,1-2H3,(H,30,33)(H,31,35)/b8-4-,12-9+,27-25+/t16-,17-,18-,19+,20+,21-,22+,23+,24+/m1/s1. The number of allylic oxidation sites excluding steroid dienone is 5. The molecule has 2 saturated carbocycles. The molecule has 0 radical (unpaired) electrons. The van der Waals surface area contributed by atoms with Crippen molar-refractivity contribution in [3.8, 4) is 0 Å². The molecular formula is C29H38N2O4. The summed E-state index contributed by atoms with van der Waals surface area (Å²) in [7, 11) is 0. The fourth-order valence-corrected chi connectivity index (χ4v) is 7.92. The molecule has 2 heterocycles. The molecule has 2 amide bonds. The van der Waals surface area contributed by atoms with Gasteiger partial charge in [-0.05, 0) is 91.6 Å². The van der Waals surface area contributed by atoms with Gasteiger partial charge in [-0.15, -0.1) is 0 Å². The van der Waals surface area contributed by atoms with Gasteiger partial charge >= 0.3 is 0 Å². The Hall–Kier alpha value is -2.63. The number of amides is 2. The first kappa shape index (κ1) is 24.1. The number of fused-ring (bicyclic) bond motifs is 7. The van der Waals surface area contributed by atoms with Crippen LogP contribution in [0.25, 0.3) is 0 Å². The molecule has 35 heavy (non-hydrogen) atoms. The van der Waals surface area contributed by atoms with Crippen LogP contribution in [0.3, 0.4) is 0 Å². The summed E-state index contributed by atoms with van der Waals surface area (Å²) in [5, 5.41) is 16.3. The molecule has 1 saturated heterocycles. The van der Waals surface area contributed by atoms with E-state index in [0.717, 1.165) is 24.7 Å². The minimum absolute atomic E-state index is 0.117. The average Bonchev–Trinajstić information content (AvgIpc) is 3.44. The number of Topliss-reactive ketones (excluding diaryl/α,β-unsaturated/α-hetero) is 1. The third-order valence-corrected chi connectivity index (χ3v) is 9.52. The van der Waals surface area contributed by atoms with Gasteiger partial charge in [0, 0.05) is 6.54 Å². The van der Waals surface area contributed by atoms with Crippen LogP contribution in [0.4, 0.5) is 0 Å². The van der Waals surface area contributed by atoms with Crippen LogP contribution in [-0.2, 0) is 14.4 Å². The molecule has 5 aliphatic rings. The van der Waals surface area contributed by atoms with Crippen LogP contribution in [0.2, 0.25) is 0 Å². The minimum Gasteiger partial charge on any atom is -0.507 e. The zero-order valence-electron chi connectivity index (χ0n) is 20.8. The lowest BCUT2D eigenvalue weighted by Gasteiger charge is -2.35. The predicted molar refractivity (Wildman–Crippen MR) is 134 cm³/mol. The van der Waals surface area contributed by atoms with Crippen molar-refractivity contribution >= 4 is 17.6 Å². The molecule has 3 N–H and O–H groups in total. The molecule has 3 aliphatic carbocycles. The number of hydrogen-bond acceptors (Lipinski definition) is 4. The van der Waals surface area contributed by atoms with E-state index < -0.39 is 11.9 Å². The average molecular weight is 479 g/mol. The monoisotopic (exact) mass is 478 g/mol. The molecule has 0 unspecified atom stereocenters. The lowest BCUT2D eigenvalue weighted by Crippen LogP contribution is -2.31. The normalized spacial score (nSPS) is 45.3. The highest BCUT2D eigenvalue weighted by Gasteiger charge is 2.52. The van der Waals surface area contributed by atoms with E-state index in [1.807, 2.05) is 12.2 Å². The van der Waals surface area contributed by atoms with Gasteiger partial charge in [-0.3, -0.25) is 14.4 Å². The number of carbonyl (C=O) groups excluding carboxylic acids is 3. The Morgan fingerprint density at radius 3 is 2.57 bits per heavy atom. The van der Waals surface area contributed by atoms with E-state index in [1.54, 1.807) is 12.2 Å². The third-order valence-electron chi connectivity index (χ3n) is 9.52. The summed E-state index contributed by atoms with van der Waals surface area (Å²) < 4.78 is 0. The Labute approximate surface area is 208 Å². The molecule has 3 fully saturated rings. The Morgan fingerprint density at radius 1 is 1.00 bits per heavy atom. The molecular weight excluding hydrogens is 440 g/mol. The van der Waals surface area contributed by atoms with Crippen LogP contribution in [-0.4, -0.2) is 35.3 Å². The minimum atomic E-state index is -0.645. The molecule has 6 nitrogen and oxygen atoms in total. The van der Waals surface area contributed by atoms with E-state index in [9.17, 15) is 19.5 Å².